The molecular weight excluding hydrogens is 560 g/mol. The van der Waals surface area contributed by atoms with Crippen LogP contribution in [0, 0.1) is 49.4 Å². The van der Waals surface area contributed by atoms with Crippen molar-refractivity contribution in [1.82, 2.24) is 4.90 Å². The molecule has 34 heavy (non-hydrogen) atoms. The highest BCUT2D eigenvalue weighted by atomic mass is 79.9. The molecule has 1 saturated heterocycles. The molecule has 2 bridgehead atoms. The van der Waals surface area contributed by atoms with Crippen LogP contribution >= 0.6 is 31.9 Å². The number of imide groups is 1. The molecular formula is C27H24Br2N2O3. The molecule has 3 fully saturated rings. The van der Waals surface area contributed by atoms with Crippen LogP contribution in [0.5, 0.6) is 0 Å². The largest absolute Gasteiger partial charge is 0.290 e. The fourth-order valence-electron chi connectivity index (χ4n) is 6.39. The number of likely N-dealkylation sites (tertiary alicyclic amines) is 1. The van der Waals surface area contributed by atoms with Crippen LogP contribution in [0.3, 0.4) is 0 Å². The fraction of sp³-hybridized carbons (Fsp3) is 0.370. The van der Waals surface area contributed by atoms with Crippen LogP contribution in [-0.2, 0) is 9.59 Å². The first-order valence-corrected chi connectivity index (χ1v) is 13.2. The van der Waals surface area contributed by atoms with Crippen molar-refractivity contribution in [1.29, 1.82) is 0 Å². The number of hydrogen-bond acceptors (Lipinski definition) is 3. The van der Waals surface area contributed by atoms with Crippen molar-refractivity contribution in [2.24, 2.45) is 35.5 Å². The van der Waals surface area contributed by atoms with E-state index in [9.17, 15) is 14.4 Å². The quantitative estimate of drug-likeness (QED) is 0.353. The third-order valence-corrected chi connectivity index (χ3v) is 9.89. The van der Waals surface area contributed by atoms with E-state index in [-0.39, 0.29) is 48.1 Å². The smallest absolute Gasteiger partial charge is 0.259 e. The minimum atomic E-state index is -0.274. The first-order valence-electron chi connectivity index (χ1n) is 11.6. The van der Waals surface area contributed by atoms with Gasteiger partial charge in [-0.1, -0.05) is 44.0 Å². The fourth-order valence-corrected chi connectivity index (χ4v) is 6.88. The Kier molecular flexibility index (Phi) is 5.16. The van der Waals surface area contributed by atoms with Gasteiger partial charge in [-0.2, -0.15) is 0 Å². The third kappa shape index (κ3) is 3.27. The summed E-state index contributed by atoms with van der Waals surface area (Å²) >= 11 is 7.01. The Labute approximate surface area is 215 Å². The molecule has 0 aromatic heterocycles. The van der Waals surface area contributed by atoms with E-state index in [2.05, 4.69) is 44.0 Å². The van der Waals surface area contributed by atoms with Gasteiger partial charge in [-0.3, -0.25) is 24.2 Å². The molecule has 5 aliphatic rings. The van der Waals surface area contributed by atoms with Gasteiger partial charge in [-0.25, -0.2) is 0 Å². The number of benzene rings is 2. The topological polar surface area (TPSA) is 57.7 Å². The molecule has 2 aromatic carbocycles. The zero-order chi connectivity index (χ0) is 23.9. The van der Waals surface area contributed by atoms with Crippen LogP contribution in [0.4, 0.5) is 5.69 Å². The van der Waals surface area contributed by atoms with E-state index in [4.69, 9.17) is 0 Å². The van der Waals surface area contributed by atoms with Crippen molar-refractivity contribution in [3.05, 3.63) is 74.2 Å². The van der Waals surface area contributed by atoms with Gasteiger partial charge >= 0.3 is 0 Å². The van der Waals surface area contributed by atoms with Crippen LogP contribution < -0.4 is 4.90 Å². The lowest BCUT2D eigenvalue weighted by atomic mass is 9.63. The maximum absolute atomic E-state index is 13.7. The van der Waals surface area contributed by atoms with Gasteiger partial charge in [0.25, 0.3) is 5.91 Å². The number of halogens is 2. The van der Waals surface area contributed by atoms with Crippen molar-refractivity contribution < 1.29 is 14.4 Å². The number of aryl methyl sites for hydroxylation is 2. The van der Waals surface area contributed by atoms with E-state index in [1.165, 1.54) is 4.90 Å². The molecule has 0 N–H and O–H groups in total. The SMILES string of the molecule is Cc1cc(N(CN2C(=O)C3C4C=CC(C5CC45)C3C2=O)C(=O)c2ccc(Br)cc2)cc(C)c1Br. The monoisotopic (exact) mass is 582 g/mol. The van der Waals surface area contributed by atoms with Gasteiger partial charge in [0.2, 0.25) is 11.8 Å². The number of carbonyl (C=O) groups excluding carboxylic acids is 3. The molecule has 0 radical (unpaired) electrons. The molecule has 7 heteroatoms. The summed E-state index contributed by atoms with van der Waals surface area (Å²) in [5.41, 5.74) is 3.14. The van der Waals surface area contributed by atoms with Crippen molar-refractivity contribution >= 4 is 55.3 Å². The minimum absolute atomic E-state index is 0.0746. The van der Waals surface area contributed by atoms with Gasteiger partial charge in [0, 0.05) is 20.2 Å². The molecule has 174 valence electrons. The Morgan fingerprint density at radius 1 is 0.941 bits per heavy atom. The summed E-state index contributed by atoms with van der Waals surface area (Å²) in [5.74, 6) is 0.373. The standard InChI is InChI=1S/C27H24Br2N2O3/c1-13-9-17(10-14(2)24(13)29)30(25(32)15-3-5-16(28)6-4-15)12-31-26(33)22-18-7-8-19(21-11-20(18)21)23(22)27(31)34/h3-10,18-23H,11-12H2,1-2H3. The molecule has 6 unspecified atom stereocenters. The molecule has 6 atom stereocenters. The zero-order valence-electron chi connectivity index (χ0n) is 18.9. The molecule has 5 nitrogen and oxygen atoms in total. The predicted octanol–water partition coefficient (Wildman–Crippen LogP) is 5.49. The van der Waals surface area contributed by atoms with Crippen LogP contribution in [0.2, 0.25) is 0 Å². The van der Waals surface area contributed by atoms with E-state index in [1.54, 1.807) is 17.0 Å². The summed E-state index contributed by atoms with van der Waals surface area (Å²) in [7, 11) is 0. The molecule has 2 aromatic rings. The van der Waals surface area contributed by atoms with Crippen molar-refractivity contribution in [2.45, 2.75) is 20.3 Å². The van der Waals surface area contributed by atoms with Crippen LogP contribution in [-0.4, -0.2) is 29.3 Å². The average Bonchev–Trinajstić information content (AvgIpc) is 3.60. The lowest BCUT2D eigenvalue weighted by Gasteiger charge is -2.37. The Morgan fingerprint density at radius 2 is 1.47 bits per heavy atom. The van der Waals surface area contributed by atoms with Gasteiger partial charge in [0.05, 0.1) is 11.8 Å². The normalized spacial score (nSPS) is 30.4. The first kappa shape index (κ1) is 22.2. The Balaban J connectivity index is 1.37. The second-order valence-corrected chi connectivity index (χ2v) is 11.7. The molecule has 1 heterocycles. The number of carbonyl (C=O) groups is 3. The van der Waals surface area contributed by atoms with E-state index < -0.39 is 0 Å². The summed E-state index contributed by atoms with van der Waals surface area (Å²) in [4.78, 5) is 43.8. The molecule has 2 saturated carbocycles. The highest BCUT2D eigenvalue weighted by Gasteiger charge is 2.67. The molecule has 0 spiro atoms. The van der Waals surface area contributed by atoms with Crippen LogP contribution in [0.15, 0.2) is 57.5 Å². The first-order chi connectivity index (χ1) is 16.3. The highest BCUT2D eigenvalue weighted by Crippen LogP contribution is 2.65. The second kappa shape index (κ2) is 7.89. The summed E-state index contributed by atoms with van der Waals surface area (Å²) < 4.78 is 1.86. The van der Waals surface area contributed by atoms with Gasteiger partial charge in [-0.05, 0) is 91.5 Å². The maximum atomic E-state index is 13.7. The summed E-state index contributed by atoms with van der Waals surface area (Å²) in [6.07, 6.45) is 5.46. The highest BCUT2D eigenvalue weighted by molar-refractivity contribution is 9.10. The van der Waals surface area contributed by atoms with Gasteiger partial charge in [0.1, 0.15) is 6.67 Å². The number of rotatable bonds is 4. The van der Waals surface area contributed by atoms with E-state index in [0.717, 1.165) is 26.5 Å². The average molecular weight is 584 g/mol. The van der Waals surface area contributed by atoms with Gasteiger partial charge < -0.3 is 0 Å². The summed E-state index contributed by atoms with van der Waals surface area (Å²) in [6, 6.07) is 11.0. The number of amides is 3. The number of anilines is 1. The Bertz CT molecular complexity index is 1210. The molecule has 1 aliphatic heterocycles. The lowest BCUT2D eigenvalue weighted by molar-refractivity contribution is -0.140. The third-order valence-electron chi connectivity index (χ3n) is 8.11. The maximum Gasteiger partial charge on any atom is 0.259 e. The lowest BCUT2D eigenvalue weighted by Crippen LogP contribution is -2.45. The number of allylic oxidation sites excluding steroid dienone is 2. The van der Waals surface area contributed by atoms with Gasteiger partial charge in [0.15, 0.2) is 0 Å². The second-order valence-electron chi connectivity index (χ2n) is 10.0. The van der Waals surface area contributed by atoms with Crippen molar-refractivity contribution in [3.63, 3.8) is 0 Å². The zero-order valence-corrected chi connectivity index (χ0v) is 22.0. The summed E-state index contributed by atoms with van der Waals surface area (Å²) in [5, 5.41) is 0. The van der Waals surface area contributed by atoms with Crippen molar-refractivity contribution in [2.75, 3.05) is 11.6 Å². The number of nitrogens with zero attached hydrogens (tertiary/aromatic N) is 2. The predicted molar refractivity (Wildman–Crippen MR) is 136 cm³/mol. The van der Waals surface area contributed by atoms with E-state index >= 15 is 0 Å². The molecule has 7 rings (SSSR count). The van der Waals surface area contributed by atoms with E-state index in [0.29, 0.717) is 23.1 Å². The number of hydrogen-bond donors (Lipinski definition) is 0. The van der Waals surface area contributed by atoms with Crippen LogP contribution in [0.25, 0.3) is 0 Å². The molecule has 3 amide bonds. The van der Waals surface area contributed by atoms with Crippen LogP contribution in [0.1, 0.15) is 27.9 Å². The Morgan fingerprint density at radius 3 is 2.00 bits per heavy atom. The minimum Gasteiger partial charge on any atom is -0.290 e. The molecule has 4 aliphatic carbocycles. The van der Waals surface area contributed by atoms with E-state index in [1.807, 2.05) is 38.1 Å². The van der Waals surface area contributed by atoms with Gasteiger partial charge in [-0.15, -0.1) is 0 Å². The summed E-state index contributed by atoms with van der Waals surface area (Å²) in [6.45, 7) is 3.87. The Hall–Kier alpha value is -2.25. The van der Waals surface area contributed by atoms with Crippen molar-refractivity contribution in [3.8, 4) is 0 Å².